The zero-order valence-corrected chi connectivity index (χ0v) is 17.5. The monoisotopic (exact) mass is 449 g/mol. The Balaban J connectivity index is 1.57. The van der Waals surface area contributed by atoms with Gasteiger partial charge in [-0.25, -0.2) is 13.8 Å². The highest BCUT2D eigenvalue weighted by molar-refractivity contribution is 6.30. The van der Waals surface area contributed by atoms with Crippen molar-refractivity contribution in [3.05, 3.63) is 105 Å². The fraction of sp³-hybridized carbons (Fsp3) is 0.0833. The largest absolute Gasteiger partial charge is 0.439 e. The minimum absolute atomic E-state index is 0.209. The average Bonchev–Trinajstić information content (AvgIpc) is 3.03. The van der Waals surface area contributed by atoms with Crippen LogP contribution in [-0.2, 0) is 17.8 Å². The molecule has 0 spiro atoms. The van der Waals surface area contributed by atoms with Gasteiger partial charge in [-0.15, -0.1) is 0 Å². The molecule has 1 aliphatic heterocycles. The van der Waals surface area contributed by atoms with Crippen LogP contribution >= 0.6 is 11.6 Å². The molecule has 1 N–H and O–H groups in total. The van der Waals surface area contributed by atoms with E-state index >= 15 is 0 Å². The second-order valence-electron chi connectivity index (χ2n) is 7.38. The van der Waals surface area contributed by atoms with Crippen LogP contribution in [-0.4, -0.2) is 15.3 Å². The van der Waals surface area contributed by atoms with Crippen molar-refractivity contribution in [1.82, 2.24) is 9.36 Å². The number of benzene rings is 3. The molecule has 4 aromatic rings. The molecule has 0 fully saturated rings. The molecule has 0 bridgehead atoms. The molecular weight excluding hydrogens is 433 g/mol. The van der Waals surface area contributed by atoms with Crippen molar-refractivity contribution >= 4 is 23.2 Å². The Labute approximate surface area is 187 Å². The lowest BCUT2D eigenvalue weighted by Crippen LogP contribution is -2.27. The number of fused-ring (bicyclic) bond motifs is 2. The SMILES string of the molecule is O=C(Cn1c2c(c(=O)n1-c1ccccc1)Cc1cc(Cl)ccc1O2)Nc1cccc(F)c1. The van der Waals surface area contributed by atoms with Crippen LogP contribution in [0.1, 0.15) is 11.1 Å². The number of hydrogen-bond donors (Lipinski definition) is 1. The van der Waals surface area contributed by atoms with Crippen LogP contribution in [0.15, 0.2) is 77.6 Å². The number of nitrogens with zero attached hydrogens (tertiary/aromatic N) is 2. The van der Waals surface area contributed by atoms with E-state index in [1.165, 1.54) is 27.6 Å². The molecule has 1 aromatic heterocycles. The summed E-state index contributed by atoms with van der Waals surface area (Å²) in [5, 5.41) is 3.21. The first-order chi connectivity index (χ1) is 15.5. The van der Waals surface area contributed by atoms with E-state index in [-0.39, 0.29) is 12.1 Å². The summed E-state index contributed by atoms with van der Waals surface area (Å²) < 4.78 is 22.5. The highest BCUT2D eigenvalue weighted by Gasteiger charge is 2.29. The second-order valence-corrected chi connectivity index (χ2v) is 7.82. The highest BCUT2D eigenvalue weighted by atomic mass is 35.5. The third-order valence-corrected chi connectivity index (χ3v) is 5.42. The van der Waals surface area contributed by atoms with Crippen LogP contribution in [0.4, 0.5) is 10.1 Å². The third kappa shape index (κ3) is 3.67. The van der Waals surface area contributed by atoms with Gasteiger partial charge in [0.15, 0.2) is 0 Å². The molecule has 8 heteroatoms. The average molecular weight is 450 g/mol. The molecule has 32 heavy (non-hydrogen) atoms. The number of rotatable bonds is 4. The summed E-state index contributed by atoms with van der Waals surface area (Å²) in [6.07, 6.45) is 0.329. The number of amides is 1. The van der Waals surface area contributed by atoms with E-state index in [4.69, 9.17) is 16.3 Å². The molecule has 0 saturated heterocycles. The molecule has 2 heterocycles. The molecule has 0 unspecified atom stereocenters. The van der Waals surface area contributed by atoms with Crippen LogP contribution in [0.3, 0.4) is 0 Å². The zero-order valence-electron chi connectivity index (χ0n) is 16.7. The molecule has 0 radical (unpaired) electrons. The van der Waals surface area contributed by atoms with E-state index in [1.54, 1.807) is 48.5 Å². The van der Waals surface area contributed by atoms with Gasteiger partial charge in [-0.3, -0.25) is 9.59 Å². The van der Waals surface area contributed by atoms with Crippen molar-refractivity contribution in [1.29, 1.82) is 0 Å². The van der Waals surface area contributed by atoms with Crippen LogP contribution in [0, 0.1) is 5.82 Å². The fourth-order valence-electron chi connectivity index (χ4n) is 3.79. The molecule has 6 nitrogen and oxygen atoms in total. The summed E-state index contributed by atoms with van der Waals surface area (Å²) in [6.45, 7) is -0.209. The number of ether oxygens (including phenoxy) is 1. The van der Waals surface area contributed by atoms with Crippen molar-refractivity contribution in [2.24, 2.45) is 0 Å². The fourth-order valence-corrected chi connectivity index (χ4v) is 3.99. The third-order valence-electron chi connectivity index (χ3n) is 5.18. The number of aromatic nitrogens is 2. The number of para-hydroxylation sites is 1. The first kappa shape index (κ1) is 20.1. The van der Waals surface area contributed by atoms with Gasteiger partial charge in [0.2, 0.25) is 11.8 Å². The maximum atomic E-state index is 13.5. The summed E-state index contributed by atoms with van der Waals surface area (Å²) in [7, 11) is 0. The molecule has 3 aromatic carbocycles. The van der Waals surface area contributed by atoms with Gasteiger partial charge in [-0.05, 0) is 48.5 Å². The molecular formula is C24H17ClFN3O3. The van der Waals surface area contributed by atoms with Gasteiger partial charge >= 0.3 is 0 Å². The van der Waals surface area contributed by atoms with Crippen molar-refractivity contribution in [2.45, 2.75) is 13.0 Å². The Morgan fingerprint density at radius 2 is 1.88 bits per heavy atom. The quantitative estimate of drug-likeness (QED) is 0.430. The zero-order chi connectivity index (χ0) is 22.2. The molecule has 5 rings (SSSR count). The van der Waals surface area contributed by atoms with Gasteiger partial charge in [-0.1, -0.05) is 35.9 Å². The number of nitrogens with one attached hydrogen (secondary N) is 1. The van der Waals surface area contributed by atoms with E-state index in [9.17, 15) is 14.0 Å². The molecule has 160 valence electrons. The van der Waals surface area contributed by atoms with Crippen molar-refractivity contribution in [3.8, 4) is 17.3 Å². The first-order valence-electron chi connectivity index (χ1n) is 9.91. The van der Waals surface area contributed by atoms with E-state index in [0.29, 0.717) is 40.0 Å². The molecule has 0 aliphatic carbocycles. The summed E-state index contributed by atoms with van der Waals surface area (Å²) in [5.41, 5.74) is 1.86. The standard InChI is InChI=1S/C24H17ClFN3O3/c25-16-9-10-21-15(11-16)12-20-23(31)29(19-7-2-1-3-8-19)28(24(20)32-21)14-22(30)27-18-6-4-5-17(26)13-18/h1-11,13H,12,14H2,(H,27,30). The lowest BCUT2D eigenvalue weighted by atomic mass is 10.0. The van der Waals surface area contributed by atoms with Gasteiger partial charge in [0.05, 0.1) is 11.3 Å². The normalized spacial score (nSPS) is 11.9. The van der Waals surface area contributed by atoms with E-state index in [1.807, 2.05) is 6.07 Å². The Morgan fingerprint density at radius 3 is 2.66 bits per heavy atom. The van der Waals surface area contributed by atoms with E-state index in [2.05, 4.69) is 5.32 Å². The van der Waals surface area contributed by atoms with Crippen molar-refractivity contribution in [3.63, 3.8) is 0 Å². The smallest absolute Gasteiger partial charge is 0.278 e. The molecule has 1 amide bonds. The maximum absolute atomic E-state index is 13.5. The minimum atomic E-state index is -0.457. The Morgan fingerprint density at radius 1 is 1.06 bits per heavy atom. The number of anilines is 1. The number of carbonyl (C=O) groups is 1. The first-order valence-corrected chi connectivity index (χ1v) is 10.3. The topological polar surface area (TPSA) is 65.3 Å². The van der Waals surface area contributed by atoms with Gasteiger partial charge in [-0.2, -0.15) is 0 Å². The second kappa shape index (κ2) is 8.01. The van der Waals surface area contributed by atoms with E-state index in [0.717, 1.165) is 5.56 Å². The summed E-state index contributed by atoms with van der Waals surface area (Å²) in [5.74, 6) is -0.0148. The Kier molecular flexibility index (Phi) is 5.03. The maximum Gasteiger partial charge on any atom is 0.278 e. The van der Waals surface area contributed by atoms with Gasteiger partial charge in [0.25, 0.3) is 5.56 Å². The number of hydrogen-bond acceptors (Lipinski definition) is 3. The molecule has 0 atom stereocenters. The summed E-state index contributed by atoms with van der Waals surface area (Å²) in [6, 6.07) is 19.8. The minimum Gasteiger partial charge on any atom is -0.439 e. The van der Waals surface area contributed by atoms with Crippen molar-refractivity contribution in [2.75, 3.05) is 5.32 Å². The summed E-state index contributed by atoms with van der Waals surface area (Å²) >= 11 is 6.11. The van der Waals surface area contributed by atoms with Crippen LogP contribution in [0.5, 0.6) is 11.6 Å². The van der Waals surface area contributed by atoms with Crippen molar-refractivity contribution < 1.29 is 13.9 Å². The Bertz CT molecular complexity index is 1400. The number of carbonyl (C=O) groups excluding carboxylic acids is 1. The van der Waals surface area contributed by atoms with Gasteiger partial charge in [0, 0.05) is 22.7 Å². The van der Waals surface area contributed by atoms with Gasteiger partial charge in [0.1, 0.15) is 18.1 Å². The van der Waals surface area contributed by atoms with Crippen LogP contribution in [0.25, 0.3) is 5.69 Å². The molecule has 0 saturated carbocycles. The number of halogens is 2. The Hall–Kier alpha value is -3.84. The van der Waals surface area contributed by atoms with Crippen LogP contribution < -0.4 is 15.6 Å². The summed E-state index contributed by atoms with van der Waals surface area (Å²) in [4.78, 5) is 26.2. The lowest BCUT2D eigenvalue weighted by molar-refractivity contribution is -0.117. The predicted molar refractivity (Wildman–Crippen MR) is 119 cm³/mol. The lowest BCUT2D eigenvalue weighted by Gasteiger charge is -2.19. The van der Waals surface area contributed by atoms with Gasteiger partial charge < -0.3 is 10.1 Å². The predicted octanol–water partition coefficient (Wildman–Crippen LogP) is 4.77. The highest BCUT2D eigenvalue weighted by Crippen LogP contribution is 2.37. The van der Waals surface area contributed by atoms with E-state index < -0.39 is 11.7 Å². The molecule has 1 aliphatic rings. The van der Waals surface area contributed by atoms with Crippen LogP contribution in [0.2, 0.25) is 5.02 Å².